The fraction of sp³-hybridized carbons (Fsp3) is 0.500. The highest BCUT2D eigenvalue weighted by Gasteiger charge is 2.18. The summed E-state index contributed by atoms with van der Waals surface area (Å²) in [6.45, 7) is 4.88. The van der Waals surface area contributed by atoms with Gasteiger partial charge >= 0.3 is 0 Å². The lowest BCUT2D eigenvalue weighted by atomic mass is 10.0. The Morgan fingerprint density at radius 2 is 2.16 bits per heavy atom. The van der Waals surface area contributed by atoms with Gasteiger partial charge in [-0.1, -0.05) is 18.2 Å². The average molecular weight is 341 g/mol. The topological polar surface area (TPSA) is 56.1 Å². The first-order valence-electron chi connectivity index (χ1n) is 9.16. The molecule has 1 saturated heterocycles. The number of hydrogen-bond acceptors (Lipinski definition) is 3. The monoisotopic (exact) mass is 341 g/mol. The number of carbonyl (C=O) groups is 1. The minimum absolute atomic E-state index is 0.0581. The van der Waals surface area contributed by atoms with E-state index in [0.717, 1.165) is 42.8 Å². The lowest BCUT2D eigenvalue weighted by Gasteiger charge is -2.22. The van der Waals surface area contributed by atoms with Crippen molar-refractivity contribution in [2.45, 2.75) is 58.1 Å². The second-order valence-corrected chi connectivity index (χ2v) is 6.75. The van der Waals surface area contributed by atoms with Crippen molar-refractivity contribution in [1.82, 2.24) is 15.1 Å². The quantitative estimate of drug-likeness (QED) is 0.871. The maximum atomic E-state index is 12.3. The number of nitrogens with one attached hydrogen (secondary N) is 1. The van der Waals surface area contributed by atoms with Gasteiger partial charge < -0.3 is 10.1 Å². The van der Waals surface area contributed by atoms with E-state index in [9.17, 15) is 4.79 Å². The van der Waals surface area contributed by atoms with Gasteiger partial charge in [0.2, 0.25) is 5.91 Å². The zero-order valence-corrected chi connectivity index (χ0v) is 15.1. The van der Waals surface area contributed by atoms with Crippen LogP contribution in [0.5, 0.6) is 0 Å². The third-order valence-corrected chi connectivity index (χ3v) is 4.86. The van der Waals surface area contributed by atoms with Crippen LogP contribution in [0.3, 0.4) is 0 Å². The highest BCUT2D eigenvalue weighted by molar-refractivity contribution is 5.76. The molecule has 25 heavy (non-hydrogen) atoms. The van der Waals surface area contributed by atoms with E-state index < -0.39 is 0 Å². The number of amides is 1. The van der Waals surface area contributed by atoms with Crippen molar-refractivity contribution >= 4 is 5.91 Å². The van der Waals surface area contributed by atoms with Crippen molar-refractivity contribution < 1.29 is 9.53 Å². The van der Waals surface area contributed by atoms with Gasteiger partial charge in [-0.2, -0.15) is 5.10 Å². The number of aromatic nitrogens is 2. The van der Waals surface area contributed by atoms with E-state index in [1.54, 1.807) is 0 Å². The molecule has 2 aromatic rings. The van der Waals surface area contributed by atoms with Gasteiger partial charge in [-0.05, 0) is 51.7 Å². The number of nitrogens with zero attached hydrogens (tertiary/aromatic N) is 2. The molecule has 5 nitrogen and oxygen atoms in total. The zero-order valence-electron chi connectivity index (χ0n) is 15.1. The van der Waals surface area contributed by atoms with Crippen LogP contribution in [0.15, 0.2) is 36.5 Å². The van der Waals surface area contributed by atoms with Crippen molar-refractivity contribution in [2.75, 3.05) is 6.61 Å². The molecular formula is C20H27N3O2. The molecule has 134 valence electrons. The molecule has 1 fully saturated rings. The molecule has 0 saturated carbocycles. The van der Waals surface area contributed by atoms with Gasteiger partial charge in [0.25, 0.3) is 0 Å². The van der Waals surface area contributed by atoms with Gasteiger partial charge in [0.1, 0.15) is 0 Å². The van der Waals surface area contributed by atoms with Crippen LogP contribution >= 0.6 is 0 Å². The number of ether oxygens (including phenoxy) is 1. The minimum atomic E-state index is -0.0581. The van der Waals surface area contributed by atoms with Crippen LogP contribution in [-0.2, 0) is 9.53 Å². The predicted octanol–water partition coefficient (Wildman–Crippen LogP) is 3.71. The molecule has 0 bridgehead atoms. The van der Waals surface area contributed by atoms with Gasteiger partial charge in [0.15, 0.2) is 0 Å². The zero-order chi connectivity index (χ0) is 17.6. The van der Waals surface area contributed by atoms with Crippen molar-refractivity contribution in [3.8, 4) is 5.69 Å². The average Bonchev–Trinajstić information content (AvgIpc) is 3.03. The van der Waals surface area contributed by atoms with Crippen LogP contribution in [-0.4, -0.2) is 28.4 Å². The number of benzene rings is 1. The van der Waals surface area contributed by atoms with Crippen molar-refractivity contribution in [3.05, 3.63) is 47.8 Å². The lowest BCUT2D eigenvalue weighted by molar-refractivity contribution is -0.122. The Balaban J connectivity index is 1.57. The highest BCUT2D eigenvalue weighted by Crippen LogP contribution is 2.21. The first-order valence-corrected chi connectivity index (χ1v) is 9.16. The summed E-state index contributed by atoms with van der Waals surface area (Å²) >= 11 is 0. The van der Waals surface area contributed by atoms with Crippen LogP contribution in [0.1, 0.15) is 56.3 Å². The van der Waals surface area contributed by atoms with Gasteiger partial charge in [0, 0.05) is 24.3 Å². The molecule has 0 spiro atoms. The molecule has 0 radical (unpaired) electrons. The van der Waals surface area contributed by atoms with Crippen molar-refractivity contribution in [3.63, 3.8) is 0 Å². The summed E-state index contributed by atoms with van der Waals surface area (Å²) in [5.41, 5.74) is 3.12. The van der Waals surface area contributed by atoms with E-state index in [1.807, 2.05) is 55.1 Å². The van der Waals surface area contributed by atoms with E-state index in [4.69, 9.17) is 4.74 Å². The second-order valence-electron chi connectivity index (χ2n) is 6.75. The summed E-state index contributed by atoms with van der Waals surface area (Å²) in [4.78, 5) is 12.3. The van der Waals surface area contributed by atoms with E-state index in [-0.39, 0.29) is 18.1 Å². The van der Waals surface area contributed by atoms with Gasteiger partial charge in [0.05, 0.1) is 24.0 Å². The third-order valence-electron chi connectivity index (χ3n) is 4.86. The minimum Gasteiger partial charge on any atom is -0.378 e. The number of carbonyl (C=O) groups excluding carboxylic acids is 1. The molecule has 1 aliphatic heterocycles. The van der Waals surface area contributed by atoms with Gasteiger partial charge in [-0.15, -0.1) is 0 Å². The third kappa shape index (κ3) is 4.48. The normalized spacial score (nSPS) is 18.7. The smallest absolute Gasteiger partial charge is 0.220 e. The fourth-order valence-electron chi connectivity index (χ4n) is 3.40. The standard InChI is InChI=1S/C20H27N3O2/c1-15(22-20(24)12-11-18-10-6-7-13-25-18)19-14-21-23(16(19)2)17-8-4-3-5-9-17/h3-5,8-9,14-15,18H,6-7,10-13H2,1-2H3,(H,22,24)/t15-,18+/m1/s1. The summed E-state index contributed by atoms with van der Waals surface area (Å²) in [6.07, 6.45) is 6.84. The maximum Gasteiger partial charge on any atom is 0.220 e. The molecule has 0 unspecified atom stereocenters. The summed E-state index contributed by atoms with van der Waals surface area (Å²) in [5.74, 6) is 0.0773. The molecule has 1 amide bonds. The fourth-order valence-corrected chi connectivity index (χ4v) is 3.40. The Kier molecular flexibility index (Phi) is 5.87. The summed E-state index contributed by atoms with van der Waals surface area (Å²) < 4.78 is 7.61. The maximum absolute atomic E-state index is 12.3. The Bertz CT molecular complexity index is 690. The van der Waals surface area contributed by atoms with E-state index in [0.29, 0.717) is 6.42 Å². The van der Waals surface area contributed by atoms with Crippen molar-refractivity contribution in [1.29, 1.82) is 0 Å². The molecule has 1 aromatic heterocycles. The number of para-hydroxylation sites is 1. The molecule has 2 heterocycles. The summed E-state index contributed by atoms with van der Waals surface area (Å²) in [6, 6.07) is 9.97. The summed E-state index contributed by atoms with van der Waals surface area (Å²) in [5, 5.41) is 7.57. The van der Waals surface area contributed by atoms with Crippen LogP contribution in [0.2, 0.25) is 0 Å². The molecule has 3 rings (SSSR count). The van der Waals surface area contributed by atoms with Gasteiger partial charge in [-0.3, -0.25) is 4.79 Å². The first-order chi connectivity index (χ1) is 12.1. The Labute approximate surface area is 149 Å². The van der Waals surface area contributed by atoms with E-state index in [1.165, 1.54) is 6.42 Å². The lowest BCUT2D eigenvalue weighted by Crippen LogP contribution is -2.28. The molecule has 0 aliphatic carbocycles. The Morgan fingerprint density at radius 3 is 2.88 bits per heavy atom. The van der Waals surface area contributed by atoms with E-state index in [2.05, 4.69) is 10.4 Å². The van der Waals surface area contributed by atoms with Gasteiger partial charge in [-0.25, -0.2) is 4.68 Å². The van der Waals surface area contributed by atoms with Crippen LogP contribution < -0.4 is 5.32 Å². The van der Waals surface area contributed by atoms with E-state index >= 15 is 0 Å². The Hall–Kier alpha value is -2.14. The van der Waals surface area contributed by atoms with Crippen LogP contribution in [0.4, 0.5) is 0 Å². The SMILES string of the molecule is Cc1c([C@@H](C)NC(=O)CC[C@@H]2CCCCO2)cnn1-c1ccccc1. The van der Waals surface area contributed by atoms with Crippen LogP contribution in [0, 0.1) is 6.92 Å². The highest BCUT2D eigenvalue weighted by atomic mass is 16.5. The van der Waals surface area contributed by atoms with Crippen LogP contribution in [0.25, 0.3) is 5.69 Å². The molecule has 1 N–H and O–H groups in total. The largest absolute Gasteiger partial charge is 0.378 e. The van der Waals surface area contributed by atoms with Crippen molar-refractivity contribution in [2.24, 2.45) is 0 Å². The molecule has 2 atom stereocenters. The molecular weight excluding hydrogens is 314 g/mol. The first kappa shape index (κ1) is 17.7. The molecule has 1 aliphatic rings. The number of rotatable bonds is 6. The second kappa shape index (κ2) is 8.30. The summed E-state index contributed by atoms with van der Waals surface area (Å²) in [7, 11) is 0. The number of hydrogen-bond donors (Lipinski definition) is 1. The molecule has 1 aromatic carbocycles. The predicted molar refractivity (Wildman–Crippen MR) is 97.7 cm³/mol. The Morgan fingerprint density at radius 1 is 1.36 bits per heavy atom. The molecule has 5 heteroatoms.